The van der Waals surface area contributed by atoms with Gasteiger partial charge in [-0.2, -0.15) is 0 Å². The van der Waals surface area contributed by atoms with Gasteiger partial charge in [0.2, 0.25) is 0 Å². The first-order valence-electron chi connectivity index (χ1n) is 7.41. The first-order chi connectivity index (χ1) is 9.13. The monoisotopic (exact) mass is 261 g/mol. The van der Waals surface area contributed by atoms with Crippen LogP contribution in [0.15, 0.2) is 24.3 Å². The third kappa shape index (κ3) is 3.71. The standard InChI is InChI=1S/C16H27N3/c1-4-14-7-5-6-8-15(14)18-13-16(2,3)19-11-9-17-10-12-19/h5-8,17-18H,4,9-13H2,1-3H3. The molecular formula is C16H27N3. The number of hydrogen-bond donors (Lipinski definition) is 2. The summed E-state index contributed by atoms with van der Waals surface area (Å²) in [7, 11) is 0. The van der Waals surface area contributed by atoms with Crippen molar-refractivity contribution in [3.8, 4) is 0 Å². The molecule has 1 aromatic rings. The SMILES string of the molecule is CCc1ccccc1NCC(C)(C)N1CCNCC1. The number of hydrogen-bond acceptors (Lipinski definition) is 3. The van der Waals surface area contributed by atoms with E-state index in [9.17, 15) is 0 Å². The summed E-state index contributed by atoms with van der Waals surface area (Å²) in [5.74, 6) is 0. The van der Waals surface area contributed by atoms with Crippen molar-refractivity contribution in [2.45, 2.75) is 32.7 Å². The normalized spacial score (nSPS) is 17.4. The van der Waals surface area contributed by atoms with E-state index in [4.69, 9.17) is 0 Å². The van der Waals surface area contributed by atoms with E-state index in [2.05, 4.69) is 60.6 Å². The largest absolute Gasteiger partial charge is 0.383 e. The lowest BCUT2D eigenvalue weighted by Crippen LogP contribution is -2.56. The van der Waals surface area contributed by atoms with Crippen LogP contribution in [0.4, 0.5) is 5.69 Å². The molecule has 0 amide bonds. The molecule has 1 aromatic carbocycles. The predicted octanol–water partition coefficient (Wildman–Crippen LogP) is 2.34. The second kappa shape index (κ2) is 6.40. The third-order valence-corrected chi connectivity index (χ3v) is 4.08. The second-order valence-electron chi connectivity index (χ2n) is 5.91. The van der Waals surface area contributed by atoms with Gasteiger partial charge in [0.25, 0.3) is 0 Å². The maximum atomic E-state index is 3.64. The van der Waals surface area contributed by atoms with Crippen molar-refractivity contribution < 1.29 is 0 Å². The van der Waals surface area contributed by atoms with Crippen molar-refractivity contribution in [1.29, 1.82) is 0 Å². The van der Waals surface area contributed by atoms with Crippen LogP contribution < -0.4 is 10.6 Å². The summed E-state index contributed by atoms with van der Waals surface area (Å²) in [6.07, 6.45) is 1.08. The number of benzene rings is 1. The van der Waals surface area contributed by atoms with Crippen LogP contribution in [0.25, 0.3) is 0 Å². The van der Waals surface area contributed by atoms with Gasteiger partial charge in [-0.1, -0.05) is 25.1 Å². The Hall–Kier alpha value is -1.06. The van der Waals surface area contributed by atoms with Gasteiger partial charge in [-0.15, -0.1) is 0 Å². The van der Waals surface area contributed by atoms with Gasteiger partial charge in [-0.3, -0.25) is 4.90 Å². The number of piperazine rings is 1. The van der Waals surface area contributed by atoms with E-state index in [1.165, 1.54) is 11.3 Å². The zero-order valence-corrected chi connectivity index (χ0v) is 12.5. The van der Waals surface area contributed by atoms with E-state index in [1.807, 2.05) is 0 Å². The highest BCUT2D eigenvalue weighted by atomic mass is 15.2. The molecule has 0 bridgehead atoms. The van der Waals surface area contributed by atoms with Crippen LogP contribution in [0.5, 0.6) is 0 Å². The van der Waals surface area contributed by atoms with Gasteiger partial charge in [-0.25, -0.2) is 0 Å². The van der Waals surface area contributed by atoms with E-state index >= 15 is 0 Å². The molecule has 1 aliphatic rings. The molecule has 3 nitrogen and oxygen atoms in total. The van der Waals surface area contributed by atoms with Crippen LogP contribution >= 0.6 is 0 Å². The first-order valence-corrected chi connectivity index (χ1v) is 7.41. The molecule has 0 aliphatic carbocycles. The first kappa shape index (κ1) is 14.4. The minimum absolute atomic E-state index is 0.197. The molecule has 19 heavy (non-hydrogen) atoms. The molecule has 0 aromatic heterocycles. The van der Waals surface area contributed by atoms with E-state index in [0.29, 0.717) is 0 Å². The summed E-state index contributed by atoms with van der Waals surface area (Å²) in [5.41, 5.74) is 2.88. The molecule has 0 spiro atoms. The second-order valence-corrected chi connectivity index (χ2v) is 5.91. The van der Waals surface area contributed by atoms with Gasteiger partial charge < -0.3 is 10.6 Å². The molecular weight excluding hydrogens is 234 g/mol. The van der Waals surface area contributed by atoms with Gasteiger partial charge in [0.15, 0.2) is 0 Å². The van der Waals surface area contributed by atoms with Crippen molar-refractivity contribution in [1.82, 2.24) is 10.2 Å². The molecule has 1 fully saturated rings. The smallest absolute Gasteiger partial charge is 0.0373 e. The fourth-order valence-electron chi connectivity index (χ4n) is 2.69. The minimum atomic E-state index is 0.197. The van der Waals surface area contributed by atoms with Crippen molar-refractivity contribution in [3.05, 3.63) is 29.8 Å². The lowest BCUT2D eigenvalue weighted by atomic mass is 10.0. The molecule has 0 atom stereocenters. The average Bonchev–Trinajstić information content (AvgIpc) is 2.46. The molecule has 1 aliphatic heterocycles. The van der Waals surface area contributed by atoms with Crippen LogP contribution in [0, 0.1) is 0 Å². The quantitative estimate of drug-likeness (QED) is 0.852. The van der Waals surface area contributed by atoms with Crippen molar-refractivity contribution >= 4 is 5.69 Å². The zero-order chi connectivity index (χ0) is 13.7. The number of rotatable bonds is 5. The van der Waals surface area contributed by atoms with Gasteiger partial charge in [0.05, 0.1) is 0 Å². The summed E-state index contributed by atoms with van der Waals surface area (Å²) in [6.45, 7) is 12.4. The Kier molecular flexibility index (Phi) is 4.83. The van der Waals surface area contributed by atoms with E-state index in [0.717, 1.165) is 39.1 Å². The third-order valence-electron chi connectivity index (χ3n) is 4.08. The lowest BCUT2D eigenvalue weighted by molar-refractivity contribution is 0.114. The molecule has 106 valence electrons. The molecule has 1 saturated heterocycles. The Morgan fingerprint density at radius 3 is 2.58 bits per heavy atom. The molecule has 0 saturated carbocycles. The zero-order valence-electron chi connectivity index (χ0n) is 12.5. The molecule has 0 radical (unpaired) electrons. The van der Waals surface area contributed by atoms with Crippen molar-refractivity contribution in [3.63, 3.8) is 0 Å². The minimum Gasteiger partial charge on any atom is -0.383 e. The van der Waals surface area contributed by atoms with Gasteiger partial charge in [0.1, 0.15) is 0 Å². The maximum Gasteiger partial charge on any atom is 0.0373 e. The maximum absolute atomic E-state index is 3.64. The predicted molar refractivity (Wildman–Crippen MR) is 82.8 cm³/mol. The number of nitrogens with zero attached hydrogens (tertiary/aromatic N) is 1. The molecule has 0 unspecified atom stereocenters. The van der Waals surface area contributed by atoms with Crippen molar-refractivity contribution in [2.75, 3.05) is 38.0 Å². The Bertz CT molecular complexity index is 395. The topological polar surface area (TPSA) is 27.3 Å². The van der Waals surface area contributed by atoms with Gasteiger partial charge >= 0.3 is 0 Å². The van der Waals surface area contributed by atoms with Crippen LogP contribution in [0.2, 0.25) is 0 Å². The Morgan fingerprint density at radius 1 is 1.21 bits per heavy atom. The number of para-hydroxylation sites is 1. The van der Waals surface area contributed by atoms with Crippen molar-refractivity contribution in [2.24, 2.45) is 0 Å². The fraction of sp³-hybridized carbons (Fsp3) is 0.625. The van der Waals surface area contributed by atoms with Crippen LogP contribution in [0.1, 0.15) is 26.3 Å². The summed E-state index contributed by atoms with van der Waals surface area (Å²) in [5, 5.41) is 7.06. The summed E-state index contributed by atoms with van der Waals surface area (Å²) < 4.78 is 0. The van der Waals surface area contributed by atoms with Gasteiger partial charge in [0, 0.05) is 44.0 Å². The average molecular weight is 261 g/mol. The highest BCUT2D eigenvalue weighted by Gasteiger charge is 2.27. The van der Waals surface area contributed by atoms with E-state index < -0.39 is 0 Å². The Morgan fingerprint density at radius 2 is 1.89 bits per heavy atom. The fourth-order valence-corrected chi connectivity index (χ4v) is 2.69. The number of aryl methyl sites for hydroxylation is 1. The number of nitrogens with one attached hydrogen (secondary N) is 2. The Labute approximate surface area is 117 Å². The van der Waals surface area contributed by atoms with Gasteiger partial charge in [-0.05, 0) is 31.9 Å². The molecule has 2 rings (SSSR count). The summed E-state index contributed by atoms with van der Waals surface area (Å²) >= 11 is 0. The summed E-state index contributed by atoms with van der Waals surface area (Å²) in [4.78, 5) is 2.57. The van der Waals surface area contributed by atoms with E-state index in [-0.39, 0.29) is 5.54 Å². The molecule has 2 N–H and O–H groups in total. The highest BCUT2D eigenvalue weighted by molar-refractivity contribution is 5.51. The lowest BCUT2D eigenvalue weighted by Gasteiger charge is -2.41. The van der Waals surface area contributed by atoms with Crippen LogP contribution in [-0.2, 0) is 6.42 Å². The van der Waals surface area contributed by atoms with Crippen LogP contribution in [-0.4, -0.2) is 43.2 Å². The summed E-state index contributed by atoms with van der Waals surface area (Å²) in [6, 6.07) is 8.62. The molecule has 3 heteroatoms. The number of anilines is 1. The Balaban J connectivity index is 1.96. The van der Waals surface area contributed by atoms with Crippen LogP contribution in [0.3, 0.4) is 0 Å². The van der Waals surface area contributed by atoms with E-state index in [1.54, 1.807) is 0 Å². The highest BCUT2D eigenvalue weighted by Crippen LogP contribution is 2.19. The molecule has 1 heterocycles.